The monoisotopic (exact) mass is 294 g/mol. The zero-order valence-corrected chi connectivity index (χ0v) is 11.0. The van der Waals surface area contributed by atoms with Gasteiger partial charge in [0.05, 0.1) is 11.5 Å². The highest BCUT2D eigenvalue weighted by atomic mass is 19.4. The molecule has 0 spiro atoms. The summed E-state index contributed by atoms with van der Waals surface area (Å²) in [7, 11) is 0. The van der Waals surface area contributed by atoms with E-state index in [4.69, 9.17) is 0 Å². The molecule has 110 valence electrons. The zero-order chi connectivity index (χ0) is 15.5. The summed E-state index contributed by atoms with van der Waals surface area (Å²) in [5, 5.41) is 9.30. The fraction of sp³-hybridized carbons (Fsp3) is 0.188. The van der Waals surface area contributed by atoms with Crippen LogP contribution in [0, 0.1) is 0 Å². The number of hydrogen-bond donors (Lipinski definition) is 1. The highest BCUT2D eigenvalue weighted by Crippen LogP contribution is 2.34. The maximum Gasteiger partial charge on any atom is 0.416 e. The molecule has 0 aliphatic rings. The Morgan fingerprint density at radius 2 is 1.57 bits per heavy atom. The van der Waals surface area contributed by atoms with Gasteiger partial charge >= 0.3 is 12.1 Å². The summed E-state index contributed by atoms with van der Waals surface area (Å²) in [6, 6.07) is 13.3. The molecule has 0 amide bonds. The van der Waals surface area contributed by atoms with Crippen LogP contribution in [-0.4, -0.2) is 11.1 Å². The van der Waals surface area contributed by atoms with Gasteiger partial charge in [-0.2, -0.15) is 13.2 Å². The molecular formula is C16H13F3O2. The fourth-order valence-corrected chi connectivity index (χ4v) is 2.23. The van der Waals surface area contributed by atoms with Crippen molar-refractivity contribution in [1.82, 2.24) is 0 Å². The van der Waals surface area contributed by atoms with Crippen molar-refractivity contribution in [3.63, 3.8) is 0 Å². The summed E-state index contributed by atoms with van der Waals surface area (Å²) in [6.07, 6.45) is -4.69. The summed E-state index contributed by atoms with van der Waals surface area (Å²) >= 11 is 0. The largest absolute Gasteiger partial charge is 0.481 e. The molecule has 0 aliphatic carbocycles. The van der Waals surface area contributed by atoms with Crippen molar-refractivity contribution in [2.24, 2.45) is 0 Å². The van der Waals surface area contributed by atoms with Gasteiger partial charge in [0.1, 0.15) is 0 Å². The Labute approximate surface area is 119 Å². The van der Waals surface area contributed by atoms with Gasteiger partial charge in [-0.1, -0.05) is 48.5 Å². The van der Waals surface area contributed by atoms with Crippen molar-refractivity contribution < 1.29 is 23.1 Å². The molecule has 2 aromatic carbocycles. The first kappa shape index (κ1) is 15.1. The van der Waals surface area contributed by atoms with E-state index in [9.17, 15) is 23.1 Å². The van der Waals surface area contributed by atoms with E-state index in [2.05, 4.69) is 0 Å². The molecule has 5 heteroatoms. The Kier molecular flexibility index (Phi) is 4.31. The summed E-state index contributed by atoms with van der Waals surface area (Å²) in [5.74, 6) is -2.15. The van der Waals surface area contributed by atoms with Crippen molar-refractivity contribution in [2.45, 2.75) is 18.5 Å². The molecular weight excluding hydrogens is 281 g/mol. The van der Waals surface area contributed by atoms with Gasteiger partial charge in [-0.15, -0.1) is 0 Å². The van der Waals surface area contributed by atoms with Crippen molar-refractivity contribution in [1.29, 1.82) is 0 Å². The van der Waals surface area contributed by atoms with E-state index in [1.54, 1.807) is 30.3 Å². The lowest BCUT2D eigenvalue weighted by Crippen LogP contribution is -2.17. The minimum absolute atomic E-state index is 0.0127. The number of rotatable bonds is 4. The van der Waals surface area contributed by atoms with E-state index < -0.39 is 23.6 Å². The lowest BCUT2D eigenvalue weighted by atomic mass is 9.90. The average molecular weight is 294 g/mol. The van der Waals surface area contributed by atoms with Crippen LogP contribution in [0.25, 0.3) is 0 Å². The molecule has 1 atom stereocenters. The van der Waals surface area contributed by atoms with E-state index in [-0.39, 0.29) is 12.0 Å². The van der Waals surface area contributed by atoms with Crippen LogP contribution in [0.15, 0.2) is 54.6 Å². The minimum atomic E-state index is -4.49. The van der Waals surface area contributed by atoms with Gasteiger partial charge in [0.2, 0.25) is 0 Å². The molecule has 0 saturated carbocycles. The minimum Gasteiger partial charge on any atom is -0.481 e. The van der Waals surface area contributed by atoms with Crippen LogP contribution < -0.4 is 0 Å². The Morgan fingerprint density at radius 3 is 2.14 bits per heavy atom. The second-order valence-electron chi connectivity index (χ2n) is 4.66. The third kappa shape index (κ3) is 3.62. The molecule has 0 fully saturated rings. The highest BCUT2D eigenvalue weighted by molar-refractivity contribution is 5.76. The highest BCUT2D eigenvalue weighted by Gasteiger charge is 2.34. The van der Waals surface area contributed by atoms with Gasteiger partial charge in [-0.05, 0) is 23.6 Å². The van der Waals surface area contributed by atoms with E-state index in [0.29, 0.717) is 5.56 Å². The summed E-state index contributed by atoms with van der Waals surface area (Å²) < 4.78 is 38.9. The maximum absolute atomic E-state index is 13.0. The summed E-state index contributed by atoms with van der Waals surface area (Å²) in [4.78, 5) is 11.4. The molecule has 0 aromatic heterocycles. The van der Waals surface area contributed by atoms with E-state index in [1.165, 1.54) is 18.2 Å². The second kappa shape index (κ2) is 5.99. The lowest BCUT2D eigenvalue weighted by molar-refractivity contribution is -0.141. The molecule has 2 nitrogen and oxygen atoms in total. The zero-order valence-electron chi connectivity index (χ0n) is 11.0. The van der Waals surface area contributed by atoms with Crippen molar-refractivity contribution >= 4 is 5.97 Å². The first-order chi connectivity index (χ1) is 9.89. The topological polar surface area (TPSA) is 37.3 Å². The van der Waals surface area contributed by atoms with Crippen LogP contribution >= 0.6 is 0 Å². The molecule has 1 N–H and O–H groups in total. The van der Waals surface area contributed by atoms with Crippen molar-refractivity contribution in [2.75, 3.05) is 0 Å². The van der Waals surface area contributed by atoms with Gasteiger partial charge in [0, 0.05) is 0 Å². The van der Waals surface area contributed by atoms with Gasteiger partial charge in [0.25, 0.3) is 0 Å². The molecule has 2 rings (SSSR count). The lowest BCUT2D eigenvalue weighted by Gasteiger charge is -2.17. The van der Waals surface area contributed by atoms with Crippen LogP contribution in [0.4, 0.5) is 13.2 Å². The van der Waals surface area contributed by atoms with Gasteiger partial charge in [-0.25, -0.2) is 0 Å². The molecule has 0 aliphatic heterocycles. The third-order valence-electron chi connectivity index (χ3n) is 3.25. The standard InChI is InChI=1S/C16H13F3O2/c17-16(18,19)14-9-5-4-8-12(14)10-13(15(20)21)11-6-2-1-3-7-11/h1-9,13H,10H2,(H,20,21). The van der Waals surface area contributed by atoms with Gasteiger partial charge < -0.3 is 5.11 Å². The Bertz CT molecular complexity index is 621. The Morgan fingerprint density at radius 1 is 1.00 bits per heavy atom. The normalized spacial score (nSPS) is 12.9. The molecule has 2 aromatic rings. The molecule has 0 radical (unpaired) electrons. The first-order valence-electron chi connectivity index (χ1n) is 6.32. The van der Waals surface area contributed by atoms with Gasteiger partial charge in [0.15, 0.2) is 0 Å². The van der Waals surface area contributed by atoms with E-state index >= 15 is 0 Å². The number of carboxylic acids is 1. The number of alkyl halides is 3. The SMILES string of the molecule is O=C(O)C(Cc1ccccc1C(F)(F)F)c1ccccc1. The van der Waals surface area contributed by atoms with Crippen LogP contribution in [0.5, 0.6) is 0 Å². The average Bonchev–Trinajstić information content (AvgIpc) is 2.44. The number of aliphatic carboxylic acids is 1. The molecule has 0 saturated heterocycles. The maximum atomic E-state index is 13.0. The second-order valence-corrected chi connectivity index (χ2v) is 4.66. The number of benzene rings is 2. The molecule has 0 heterocycles. The van der Waals surface area contributed by atoms with E-state index in [0.717, 1.165) is 6.07 Å². The molecule has 21 heavy (non-hydrogen) atoms. The van der Waals surface area contributed by atoms with Gasteiger partial charge in [-0.3, -0.25) is 4.79 Å². The fourth-order valence-electron chi connectivity index (χ4n) is 2.23. The predicted octanol–water partition coefficient (Wildman–Crippen LogP) is 4.12. The summed E-state index contributed by atoms with van der Waals surface area (Å²) in [5.41, 5.74) is -0.310. The quantitative estimate of drug-likeness (QED) is 0.921. The van der Waals surface area contributed by atoms with Crippen LogP contribution in [0.3, 0.4) is 0 Å². The van der Waals surface area contributed by atoms with Crippen LogP contribution in [0.1, 0.15) is 22.6 Å². The Balaban J connectivity index is 2.37. The van der Waals surface area contributed by atoms with Crippen LogP contribution in [0.2, 0.25) is 0 Å². The number of carbonyl (C=O) groups is 1. The van der Waals surface area contributed by atoms with E-state index in [1.807, 2.05) is 0 Å². The molecule has 0 bridgehead atoms. The summed E-state index contributed by atoms with van der Waals surface area (Å²) in [6.45, 7) is 0. The third-order valence-corrected chi connectivity index (χ3v) is 3.25. The smallest absolute Gasteiger partial charge is 0.416 e. The number of carboxylic acid groups (broad SMARTS) is 1. The predicted molar refractivity (Wildman–Crippen MR) is 72.0 cm³/mol. The number of hydrogen-bond acceptors (Lipinski definition) is 1. The molecule has 1 unspecified atom stereocenters. The van der Waals surface area contributed by atoms with Crippen molar-refractivity contribution in [3.8, 4) is 0 Å². The Hall–Kier alpha value is -2.30. The van der Waals surface area contributed by atoms with Crippen molar-refractivity contribution in [3.05, 3.63) is 71.3 Å². The first-order valence-corrected chi connectivity index (χ1v) is 6.32. The van der Waals surface area contributed by atoms with Crippen LogP contribution in [-0.2, 0) is 17.4 Å². The number of halogens is 3.